The number of hydrogen-bond donors (Lipinski definition) is 0. The van der Waals surface area contributed by atoms with Crippen LogP contribution in [0.5, 0.6) is 0 Å². The largest absolute Gasteiger partial charge is 0.306 e. The maximum atomic E-state index is 10.5. The van der Waals surface area contributed by atoms with E-state index in [1.54, 1.807) is 0 Å². The van der Waals surface area contributed by atoms with E-state index < -0.39 is 0 Å². The Labute approximate surface area is 90.9 Å². The summed E-state index contributed by atoms with van der Waals surface area (Å²) < 4.78 is 0. The van der Waals surface area contributed by atoms with Gasteiger partial charge in [0, 0.05) is 12.1 Å². The highest BCUT2D eigenvalue weighted by Gasteiger charge is 2.18. The average molecular weight is 203 g/mol. The SMILES string of the molecule is CN1CCCC(c2ccc(C=O)cc2)C1. The van der Waals surface area contributed by atoms with Gasteiger partial charge in [-0.1, -0.05) is 24.3 Å². The molecule has 0 amide bonds. The van der Waals surface area contributed by atoms with Gasteiger partial charge in [-0.3, -0.25) is 4.79 Å². The van der Waals surface area contributed by atoms with E-state index in [1.807, 2.05) is 12.1 Å². The minimum atomic E-state index is 0.643. The van der Waals surface area contributed by atoms with Crippen molar-refractivity contribution in [2.24, 2.45) is 0 Å². The Morgan fingerprint density at radius 2 is 2.07 bits per heavy atom. The van der Waals surface area contributed by atoms with E-state index in [4.69, 9.17) is 0 Å². The van der Waals surface area contributed by atoms with Gasteiger partial charge in [-0.25, -0.2) is 0 Å². The summed E-state index contributed by atoms with van der Waals surface area (Å²) in [5, 5.41) is 0. The van der Waals surface area contributed by atoms with Crippen molar-refractivity contribution in [3.63, 3.8) is 0 Å². The van der Waals surface area contributed by atoms with Crippen LogP contribution in [0.25, 0.3) is 0 Å². The van der Waals surface area contributed by atoms with Gasteiger partial charge in [0.2, 0.25) is 0 Å². The molecule has 80 valence electrons. The summed E-state index contributed by atoms with van der Waals surface area (Å²) in [5.41, 5.74) is 2.13. The third-order valence-electron chi connectivity index (χ3n) is 3.17. The van der Waals surface area contributed by atoms with Crippen molar-refractivity contribution in [3.8, 4) is 0 Å². The van der Waals surface area contributed by atoms with Crippen molar-refractivity contribution in [2.75, 3.05) is 20.1 Å². The number of carbonyl (C=O) groups excluding carboxylic acids is 1. The zero-order valence-corrected chi connectivity index (χ0v) is 9.15. The maximum absolute atomic E-state index is 10.5. The molecule has 1 aromatic rings. The van der Waals surface area contributed by atoms with Gasteiger partial charge in [-0.15, -0.1) is 0 Å². The standard InChI is InChI=1S/C13H17NO/c1-14-8-2-3-13(9-14)12-6-4-11(10-15)5-7-12/h4-7,10,13H,2-3,8-9H2,1H3. The van der Waals surface area contributed by atoms with E-state index in [0.717, 1.165) is 18.4 Å². The Balaban J connectivity index is 2.11. The molecule has 2 heteroatoms. The van der Waals surface area contributed by atoms with Crippen LogP contribution in [0.4, 0.5) is 0 Å². The van der Waals surface area contributed by atoms with E-state index in [2.05, 4.69) is 24.1 Å². The lowest BCUT2D eigenvalue weighted by atomic mass is 9.90. The van der Waals surface area contributed by atoms with Gasteiger partial charge in [0.15, 0.2) is 0 Å². The van der Waals surface area contributed by atoms with Crippen LogP contribution in [0.2, 0.25) is 0 Å². The molecular formula is C13H17NO. The number of likely N-dealkylation sites (tertiary alicyclic amines) is 1. The van der Waals surface area contributed by atoms with Crippen molar-refractivity contribution in [1.29, 1.82) is 0 Å². The molecule has 1 aliphatic rings. The van der Waals surface area contributed by atoms with Crippen molar-refractivity contribution in [3.05, 3.63) is 35.4 Å². The molecule has 0 N–H and O–H groups in total. The van der Waals surface area contributed by atoms with E-state index in [0.29, 0.717) is 5.92 Å². The molecule has 1 aliphatic heterocycles. The van der Waals surface area contributed by atoms with E-state index in [9.17, 15) is 4.79 Å². The lowest BCUT2D eigenvalue weighted by Crippen LogP contribution is -2.30. The highest BCUT2D eigenvalue weighted by molar-refractivity contribution is 5.74. The summed E-state index contributed by atoms with van der Waals surface area (Å²) in [4.78, 5) is 12.9. The number of benzene rings is 1. The van der Waals surface area contributed by atoms with Gasteiger partial charge in [-0.05, 0) is 37.9 Å². The normalized spacial score (nSPS) is 22.6. The number of carbonyl (C=O) groups is 1. The van der Waals surface area contributed by atoms with Gasteiger partial charge in [0.25, 0.3) is 0 Å². The highest BCUT2D eigenvalue weighted by Crippen LogP contribution is 2.25. The van der Waals surface area contributed by atoms with Gasteiger partial charge < -0.3 is 4.90 Å². The molecule has 1 heterocycles. The number of hydrogen-bond acceptors (Lipinski definition) is 2. The minimum absolute atomic E-state index is 0.643. The Morgan fingerprint density at radius 1 is 1.33 bits per heavy atom. The lowest BCUT2D eigenvalue weighted by molar-refractivity contribution is 0.112. The van der Waals surface area contributed by atoms with Crippen LogP contribution in [-0.2, 0) is 0 Å². The summed E-state index contributed by atoms with van der Waals surface area (Å²) in [7, 11) is 2.17. The molecule has 0 saturated carbocycles. The monoisotopic (exact) mass is 203 g/mol. The summed E-state index contributed by atoms with van der Waals surface area (Å²) in [6.45, 7) is 2.35. The highest BCUT2D eigenvalue weighted by atomic mass is 16.1. The first-order valence-corrected chi connectivity index (χ1v) is 5.53. The summed E-state index contributed by atoms with van der Waals surface area (Å²) >= 11 is 0. The van der Waals surface area contributed by atoms with E-state index >= 15 is 0 Å². The van der Waals surface area contributed by atoms with Crippen LogP contribution in [0.1, 0.15) is 34.7 Å². The topological polar surface area (TPSA) is 20.3 Å². The molecule has 1 unspecified atom stereocenters. The van der Waals surface area contributed by atoms with Gasteiger partial charge >= 0.3 is 0 Å². The fourth-order valence-corrected chi connectivity index (χ4v) is 2.29. The third kappa shape index (κ3) is 2.45. The Kier molecular flexibility index (Phi) is 3.17. The number of rotatable bonds is 2. The molecule has 2 rings (SSSR count). The van der Waals surface area contributed by atoms with Crippen LogP contribution in [0.15, 0.2) is 24.3 Å². The van der Waals surface area contributed by atoms with Crippen molar-refractivity contribution in [1.82, 2.24) is 4.90 Å². The summed E-state index contributed by atoms with van der Waals surface area (Å²) in [6, 6.07) is 8.01. The fourth-order valence-electron chi connectivity index (χ4n) is 2.29. The first kappa shape index (κ1) is 10.4. The summed E-state index contributed by atoms with van der Waals surface area (Å²) in [5.74, 6) is 0.643. The third-order valence-corrected chi connectivity index (χ3v) is 3.17. The number of likely N-dealkylation sites (N-methyl/N-ethyl adjacent to an activating group) is 1. The Morgan fingerprint density at radius 3 is 2.67 bits per heavy atom. The van der Waals surface area contributed by atoms with Crippen molar-refractivity contribution < 1.29 is 4.79 Å². The molecule has 0 aromatic heterocycles. The van der Waals surface area contributed by atoms with Crippen LogP contribution in [0.3, 0.4) is 0 Å². The quantitative estimate of drug-likeness (QED) is 0.687. The number of piperidine rings is 1. The Hall–Kier alpha value is -1.15. The summed E-state index contributed by atoms with van der Waals surface area (Å²) in [6.07, 6.45) is 3.44. The van der Waals surface area contributed by atoms with E-state index in [1.165, 1.54) is 24.9 Å². The predicted octanol–water partition coefficient (Wildman–Crippen LogP) is 2.31. The molecular weight excluding hydrogens is 186 g/mol. The number of aldehydes is 1. The van der Waals surface area contributed by atoms with Crippen LogP contribution >= 0.6 is 0 Å². The Bertz CT molecular complexity index is 331. The zero-order chi connectivity index (χ0) is 10.7. The lowest BCUT2D eigenvalue weighted by Gasteiger charge is -2.29. The maximum Gasteiger partial charge on any atom is 0.150 e. The molecule has 0 bridgehead atoms. The first-order chi connectivity index (χ1) is 7.29. The molecule has 2 nitrogen and oxygen atoms in total. The molecule has 0 radical (unpaired) electrons. The molecule has 15 heavy (non-hydrogen) atoms. The molecule has 0 aliphatic carbocycles. The molecule has 1 fully saturated rings. The first-order valence-electron chi connectivity index (χ1n) is 5.53. The molecule has 1 saturated heterocycles. The predicted molar refractivity (Wildman–Crippen MR) is 61.3 cm³/mol. The molecule has 1 atom stereocenters. The van der Waals surface area contributed by atoms with E-state index in [-0.39, 0.29) is 0 Å². The van der Waals surface area contributed by atoms with Gasteiger partial charge in [0.1, 0.15) is 6.29 Å². The van der Waals surface area contributed by atoms with Crippen LogP contribution in [-0.4, -0.2) is 31.3 Å². The van der Waals surface area contributed by atoms with Crippen LogP contribution < -0.4 is 0 Å². The van der Waals surface area contributed by atoms with Gasteiger partial charge in [0.05, 0.1) is 0 Å². The van der Waals surface area contributed by atoms with Crippen molar-refractivity contribution >= 4 is 6.29 Å². The smallest absolute Gasteiger partial charge is 0.150 e. The number of nitrogens with zero attached hydrogens (tertiary/aromatic N) is 1. The fraction of sp³-hybridized carbons (Fsp3) is 0.462. The second-order valence-corrected chi connectivity index (χ2v) is 4.39. The molecule has 1 aromatic carbocycles. The molecule has 0 spiro atoms. The van der Waals surface area contributed by atoms with Crippen molar-refractivity contribution in [2.45, 2.75) is 18.8 Å². The van der Waals surface area contributed by atoms with Gasteiger partial charge in [-0.2, -0.15) is 0 Å². The van der Waals surface area contributed by atoms with Crippen LogP contribution in [0, 0.1) is 0 Å². The second-order valence-electron chi connectivity index (χ2n) is 4.39. The average Bonchev–Trinajstić information content (AvgIpc) is 2.29. The second kappa shape index (κ2) is 4.58. The zero-order valence-electron chi connectivity index (χ0n) is 9.15. The minimum Gasteiger partial charge on any atom is -0.306 e.